The number of halogens is 9. The number of anilines is 2. The van der Waals surface area contributed by atoms with Crippen molar-refractivity contribution in [1.29, 1.82) is 0 Å². The maximum Gasteiger partial charge on any atom is 0.420 e. The zero-order valence-corrected chi connectivity index (χ0v) is 16.8. The number of carbonyl (C=O) groups is 1. The van der Waals surface area contributed by atoms with Crippen LogP contribution in [-0.2, 0) is 12.4 Å². The summed E-state index contributed by atoms with van der Waals surface area (Å²) in [6, 6.07) is 1.35. The van der Waals surface area contributed by atoms with Gasteiger partial charge in [-0.3, -0.25) is 4.90 Å². The number of hydrogen-bond donors (Lipinski definition) is 0. The summed E-state index contributed by atoms with van der Waals surface area (Å²) >= 11 is 5.55. The number of hydrogen-bond acceptors (Lipinski definition) is 3. The van der Waals surface area contributed by atoms with Gasteiger partial charge in [0.1, 0.15) is 17.2 Å². The fourth-order valence-electron chi connectivity index (χ4n) is 2.91. The Morgan fingerprint density at radius 1 is 1.00 bits per heavy atom. The Balaban J connectivity index is 2.08. The zero-order chi connectivity index (χ0) is 24.0. The molecule has 0 bridgehead atoms. The molecule has 0 spiro atoms. The van der Waals surface area contributed by atoms with Crippen LogP contribution in [0.4, 0.5) is 51.3 Å². The van der Waals surface area contributed by atoms with E-state index < -0.39 is 63.4 Å². The Bertz CT molecular complexity index is 1050. The molecular weight excluding hydrogens is 476 g/mol. The van der Waals surface area contributed by atoms with Gasteiger partial charge in [-0.05, 0) is 24.6 Å². The van der Waals surface area contributed by atoms with Crippen molar-refractivity contribution in [3.05, 3.63) is 52.0 Å². The maximum atomic E-state index is 14.0. The van der Waals surface area contributed by atoms with Crippen LogP contribution in [0.1, 0.15) is 17.5 Å². The highest BCUT2D eigenvalue weighted by molar-refractivity contribution is 6.31. The molecule has 2 aromatic rings. The average Bonchev–Trinajstić information content (AvgIpc) is 2.61. The molecule has 0 radical (unpaired) electrons. The van der Waals surface area contributed by atoms with Crippen molar-refractivity contribution in [3.8, 4) is 5.75 Å². The fraction of sp³-hybridized carbons (Fsp3) is 0.316. The van der Waals surface area contributed by atoms with E-state index in [2.05, 4.69) is 0 Å². The molecule has 32 heavy (non-hydrogen) atoms. The van der Waals surface area contributed by atoms with Crippen molar-refractivity contribution >= 4 is 29.1 Å². The summed E-state index contributed by atoms with van der Waals surface area (Å²) < 4.78 is 113. The van der Waals surface area contributed by atoms with Gasteiger partial charge in [-0.1, -0.05) is 11.6 Å². The van der Waals surface area contributed by atoms with Crippen LogP contribution in [0.15, 0.2) is 24.3 Å². The molecule has 1 saturated heterocycles. The van der Waals surface area contributed by atoms with E-state index in [1.54, 1.807) is 0 Å². The van der Waals surface area contributed by atoms with Gasteiger partial charge in [0, 0.05) is 26.2 Å². The molecule has 0 unspecified atom stereocenters. The maximum absolute atomic E-state index is 14.0. The van der Waals surface area contributed by atoms with E-state index in [0.717, 1.165) is 7.05 Å². The molecule has 2 aromatic carbocycles. The molecule has 13 heteroatoms. The third-order valence-corrected chi connectivity index (χ3v) is 5.00. The summed E-state index contributed by atoms with van der Waals surface area (Å²) in [6.07, 6.45) is -11.4. The molecule has 1 amide bonds. The van der Waals surface area contributed by atoms with Gasteiger partial charge in [0.2, 0.25) is 0 Å². The van der Waals surface area contributed by atoms with E-state index in [1.165, 1.54) is 4.90 Å². The highest BCUT2D eigenvalue weighted by Crippen LogP contribution is 2.47. The molecule has 1 heterocycles. The normalized spacial score (nSPS) is 14.2. The molecule has 1 aliphatic heterocycles. The molecule has 3 rings (SSSR count). The number of amides is 1. The van der Waals surface area contributed by atoms with Gasteiger partial charge < -0.3 is 9.64 Å². The quantitative estimate of drug-likeness (QED) is 0.365. The second kappa shape index (κ2) is 8.30. The highest BCUT2D eigenvalue weighted by atomic mass is 35.5. The molecule has 174 valence electrons. The van der Waals surface area contributed by atoms with Crippen molar-refractivity contribution in [2.45, 2.75) is 18.8 Å². The lowest BCUT2D eigenvalue weighted by Crippen LogP contribution is -2.38. The van der Waals surface area contributed by atoms with E-state index >= 15 is 0 Å². The number of ether oxygens (including phenoxy) is 1. The van der Waals surface area contributed by atoms with Gasteiger partial charge >= 0.3 is 18.4 Å². The number of alkyl halides is 6. The van der Waals surface area contributed by atoms with Crippen LogP contribution in [0.25, 0.3) is 0 Å². The van der Waals surface area contributed by atoms with Crippen LogP contribution < -0.4 is 14.5 Å². The summed E-state index contributed by atoms with van der Waals surface area (Å²) in [6.45, 7) is 0.280. The van der Waals surface area contributed by atoms with E-state index in [4.69, 9.17) is 16.3 Å². The van der Waals surface area contributed by atoms with Crippen molar-refractivity contribution in [3.63, 3.8) is 0 Å². The van der Waals surface area contributed by atoms with Gasteiger partial charge in [0.25, 0.3) is 0 Å². The first-order chi connectivity index (χ1) is 14.7. The Labute approximate surface area is 180 Å². The number of carbonyl (C=O) groups excluding carboxylic acids is 1. The summed E-state index contributed by atoms with van der Waals surface area (Å²) in [5.41, 5.74) is -4.60. The summed E-state index contributed by atoms with van der Waals surface area (Å²) in [7, 11) is 0.912. The largest absolute Gasteiger partial charge is 0.420 e. The topological polar surface area (TPSA) is 32.8 Å². The van der Waals surface area contributed by atoms with Gasteiger partial charge in [-0.2, -0.15) is 26.3 Å². The minimum Gasteiger partial charge on any atom is -0.407 e. The summed E-state index contributed by atoms with van der Waals surface area (Å²) in [4.78, 5) is 14.1. The molecule has 0 aromatic heterocycles. The van der Waals surface area contributed by atoms with E-state index in [9.17, 15) is 39.9 Å². The molecule has 1 aliphatic rings. The Morgan fingerprint density at radius 3 is 2.12 bits per heavy atom. The van der Waals surface area contributed by atoms with Crippen LogP contribution in [0.3, 0.4) is 0 Å². The van der Waals surface area contributed by atoms with Crippen LogP contribution in [0.5, 0.6) is 5.75 Å². The highest BCUT2D eigenvalue weighted by Gasteiger charge is 2.42. The van der Waals surface area contributed by atoms with Crippen molar-refractivity contribution in [1.82, 2.24) is 0 Å². The van der Waals surface area contributed by atoms with Gasteiger partial charge in [-0.15, -0.1) is 0 Å². The number of nitrogens with zero attached hydrogens (tertiary/aromatic N) is 2. The number of rotatable bonds is 3. The molecule has 0 N–H and O–H groups in total. The van der Waals surface area contributed by atoms with Crippen LogP contribution in [-0.4, -0.2) is 26.2 Å². The standard InChI is InChI=1S/C19H13ClF8N2O2/c1-29(14-7-11(20)12(21)8-13(14)22)17(31)32-16-10(19(26,27)28)5-9(18(23,24)25)6-15(16)30-3-2-4-30/h5-8H,2-4H2,1H3. The first-order valence-corrected chi connectivity index (χ1v) is 9.25. The third kappa shape index (κ3) is 4.69. The van der Waals surface area contributed by atoms with E-state index in [1.807, 2.05) is 0 Å². The fourth-order valence-corrected chi connectivity index (χ4v) is 3.07. The van der Waals surface area contributed by atoms with Crippen molar-refractivity contribution < 1.29 is 44.7 Å². The van der Waals surface area contributed by atoms with Gasteiger partial charge in [0.15, 0.2) is 5.75 Å². The first-order valence-electron chi connectivity index (χ1n) is 8.87. The molecule has 0 aliphatic carbocycles. The SMILES string of the molecule is CN(C(=O)Oc1c(N2CCC2)cc(C(F)(F)F)cc1C(F)(F)F)c1cc(Cl)c(F)cc1F. The van der Waals surface area contributed by atoms with Crippen LogP contribution in [0, 0.1) is 11.6 Å². The van der Waals surface area contributed by atoms with Crippen LogP contribution in [0.2, 0.25) is 5.02 Å². The third-order valence-electron chi connectivity index (χ3n) is 4.71. The predicted molar refractivity (Wildman–Crippen MR) is 99.1 cm³/mol. The van der Waals surface area contributed by atoms with E-state index in [0.29, 0.717) is 29.5 Å². The van der Waals surface area contributed by atoms with Crippen LogP contribution >= 0.6 is 11.6 Å². The molecule has 1 fully saturated rings. The second-order valence-corrected chi connectivity index (χ2v) is 7.26. The second-order valence-electron chi connectivity index (χ2n) is 6.85. The smallest absolute Gasteiger partial charge is 0.407 e. The van der Waals surface area contributed by atoms with Gasteiger partial charge in [0.05, 0.1) is 22.0 Å². The Kier molecular flexibility index (Phi) is 6.20. The summed E-state index contributed by atoms with van der Waals surface area (Å²) in [5, 5.41) is -0.576. The minimum absolute atomic E-state index is 0.140. The van der Waals surface area contributed by atoms with Gasteiger partial charge in [-0.25, -0.2) is 13.6 Å². The zero-order valence-electron chi connectivity index (χ0n) is 16.0. The molecular formula is C19H13ClF8N2O2. The lowest BCUT2D eigenvalue weighted by Gasteiger charge is -2.35. The Morgan fingerprint density at radius 2 is 1.62 bits per heavy atom. The van der Waals surface area contributed by atoms with Crippen molar-refractivity contribution in [2.24, 2.45) is 0 Å². The lowest BCUT2D eigenvalue weighted by molar-refractivity contribution is -0.143. The van der Waals surface area contributed by atoms with Crippen molar-refractivity contribution in [2.75, 3.05) is 29.9 Å². The molecule has 4 nitrogen and oxygen atoms in total. The molecule has 0 atom stereocenters. The Hall–Kier alpha value is -2.76. The molecule has 0 saturated carbocycles. The average molecular weight is 489 g/mol. The summed E-state index contributed by atoms with van der Waals surface area (Å²) in [5.74, 6) is -3.56. The first kappa shape index (κ1) is 23.9. The monoisotopic (exact) mass is 488 g/mol. The predicted octanol–water partition coefficient (Wildman–Crippen LogP) is 6.50. The number of benzene rings is 2. The lowest BCUT2D eigenvalue weighted by atomic mass is 10.0. The van der Waals surface area contributed by atoms with E-state index in [-0.39, 0.29) is 19.2 Å². The minimum atomic E-state index is -5.31.